The van der Waals surface area contributed by atoms with Gasteiger partial charge in [0.15, 0.2) is 0 Å². The molecule has 0 aromatic rings. The second-order valence-electron chi connectivity index (χ2n) is 6.42. The quantitative estimate of drug-likeness (QED) is 0.325. The Bertz CT molecular complexity index is 400. The van der Waals surface area contributed by atoms with E-state index in [0.29, 0.717) is 17.7 Å². The van der Waals surface area contributed by atoms with Crippen molar-refractivity contribution in [3.8, 4) is 0 Å². The largest absolute Gasteiger partial charge is 0.356 e. The third-order valence-corrected chi connectivity index (χ3v) is 6.04. The number of nitrogens with two attached hydrogens (primary N) is 1. The van der Waals surface area contributed by atoms with Crippen LogP contribution in [0.5, 0.6) is 0 Å². The summed E-state index contributed by atoms with van der Waals surface area (Å²) in [6.07, 6.45) is 8.05. The Morgan fingerprint density at radius 1 is 1.17 bits per heavy atom. The lowest BCUT2D eigenvalue weighted by Gasteiger charge is -2.16. The van der Waals surface area contributed by atoms with Gasteiger partial charge in [0.2, 0.25) is 5.91 Å². The fourth-order valence-corrected chi connectivity index (χ4v) is 4.76. The van der Waals surface area contributed by atoms with Gasteiger partial charge in [0, 0.05) is 24.0 Å². The molecule has 140 valence electrons. The number of unbranched alkanes of at least 4 members (excludes halogenated alkanes) is 4. The zero-order valence-corrected chi connectivity index (χ0v) is 15.9. The first kappa shape index (κ1) is 21.4. The van der Waals surface area contributed by atoms with E-state index in [9.17, 15) is 9.59 Å². The predicted octanol–water partition coefficient (Wildman–Crippen LogP) is 1.77. The molecule has 0 aromatic heterocycles. The molecule has 2 aliphatic heterocycles. The van der Waals surface area contributed by atoms with Gasteiger partial charge in [0.1, 0.15) is 0 Å². The average molecular weight is 379 g/mol. The molecule has 0 aromatic carbocycles. The molecule has 0 bridgehead atoms. The standard InChI is InChI=1S/C16H30N4O2S.ClH/c17-9-5-1-2-6-10-18-14(21)8-4-3-7-13-15-12(11-23-13)19-16(22)20-15;/h12-13,15H,1-11,17H2,(H,18,21)(H2,19,20,22);1H. The lowest BCUT2D eigenvalue weighted by molar-refractivity contribution is -0.121. The van der Waals surface area contributed by atoms with Crippen molar-refractivity contribution in [2.75, 3.05) is 18.8 Å². The summed E-state index contributed by atoms with van der Waals surface area (Å²) in [5.74, 6) is 1.16. The van der Waals surface area contributed by atoms with Crippen LogP contribution in [0.15, 0.2) is 0 Å². The van der Waals surface area contributed by atoms with Gasteiger partial charge in [0.25, 0.3) is 0 Å². The first-order chi connectivity index (χ1) is 11.2. The number of carbonyl (C=O) groups is 2. The van der Waals surface area contributed by atoms with E-state index >= 15 is 0 Å². The lowest BCUT2D eigenvalue weighted by Crippen LogP contribution is -2.36. The molecule has 6 nitrogen and oxygen atoms in total. The number of fused-ring (bicyclic) bond motifs is 1. The highest BCUT2D eigenvalue weighted by molar-refractivity contribution is 8.00. The smallest absolute Gasteiger partial charge is 0.315 e. The summed E-state index contributed by atoms with van der Waals surface area (Å²) in [6, 6.07) is 0.533. The van der Waals surface area contributed by atoms with Crippen molar-refractivity contribution in [1.29, 1.82) is 0 Å². The second kappa shape index (κ2) is 11.8. The minimum absolute atomic E-state index is 0. The summed E-state index contributed by atoms with van der Waals surface area (Å²) < 4.78 is 0. The van der Waals surface area contributed by atoms with E-state index in [4.69, 9.17) is 5.73 Å². The van der Waals surface area contributed by atoms with Gasteiger partial charge in [-0.2, -0.15) is 11.8 Å². The van der Waals surface area contributed by atoms with Crippen molar-refractivity contribution in [3.05, 3.63) is 0 Å². The fourth-order valence-electron chi connectivity index (χ4n) is 3.21. The summed E-state index contributed by atoms with van der Waals surface area (Å²) >= 11 is 1.93. The van der Waals surface area contributed by atoms with Gasteiger partial charge in [-0.25, -0.2) is 4.79 Å². The number of halogens is 1. The van der Waals surface area contributed by atoms with Crippen LogP contribution in [0.1, 0.15) is 51.4 Å². The van der Waals surface area contributed by atoms with Gasteiger partial charge in [-0.05, 0) is 32.2 Å². The molecule has 0 aliphatic carbocycles. The van der Waals surface area contributed by atoms with E-state index in [1.54, 1.807) is 0 Å². The molecule has 0 saturated carbocycles. The van der Waals surface area contributed by atoms with Crippen LogP contribution in [-0.4, -0.2) is 48.1 Å². The summed E-state index contributed by atoms with van der Waals surface area (Å²) in [7, 11) is 0. The predicted molar refractivity (Wildman–Crippen MR) is 102 cm³/mol. The van der Waals surface area contributed by atoms with Crippen molar-refractivity contribution in [2.24, 2.45) is 5.73 Å². The molecule has 2 fully saturated rings. The van der Waals surface area contributed by atoms with Crippen LogP contribution >= 0.6 is 24.2 Å². The maximum Gasteiger partial charge on any atom is 0.315 e. The van der Waals surface area contributed by atoms with Crippen LogP contribution in [0, 0.1) is 0 Å². The highest BCUT2D eigenvalue weighted by Gasteiger charge is 2.42. The van der Waals surface area contributed by atoms with E-state index in [1.165, 1.54) is 0 Å². The molecule has 3 atom stereocenters. The Morgan fingerprint density at radius 2 is 1.96 bits per heavy atom. The number of amides is 3. The Labute approximate surface area is 155 Å². The summed E-state index contributed by atoms with van der Waals surface area (Å²) in [5.41, 5.74) is 5.44. The Balaban J connectivity index is 0.00000288. The van der Waals surface area contributed by atoms with E-state index in [-0.39, 0.29) is 30.4 Å². The minimum atomic E-state index is -0.0314. The molecular formula is C16H31ClN4O2S. The number of carbonyl (C=O) groups excluding carboxylic acids is 2. The van der Waals surface area contributed by atoms with Crippen molar-refractivity contribution < 1.29 is 9.59 Å². The number of hydrogen-bond donors (Lipinski definition) is 4. The normalized spacial score (nSPS) is 24.7. The summed E-state index contributed by atoms with van der Waals surface area (Å²) in [5, 5.41) is 9.44. The third kappa shape index (κ3) is 7.07. The first-order valence-electron chi connectivity index (χ1n) is 8.86. The molecular weight excluding hydrogens is 348 g/mol. The van der Waals surface area contributed by atoms with Gasteiger partial charge < -0.3 is 21.7 Å². The monoisotopic (exact) mass is 378 g/mol. The van der Waals surface area contributed by atoms with Crippen molar-refractivity contribution >= 4 is 36.1 Å². The van der Waals surface area contributed by atoms with E-state index in [0.717, 1.165) is 63.8 Å². The highest BCUT2D eigenvalue weighted by atomic mass is 35.5. The van der Waals surface area contributed by atoms with E-state index < -0.39 is 0 Å². The molecule has 5 N–H and O–H groups in total. The topological polar surface area (TPSA) is 96.2 Å². The van der Waals surface area contributed by atoms with E-state index in [1.807, 2.05) is 11.8 Å². The number of thioether (sulfide) groups is 1. The average Bonchev–Trinajstić information content (AvgIpc) is 3.07. The van der Waals surface area contributed by atoms with Crippen molar-refractivity contribution in [2.45, 2.75) is 68.7 Å². The number of nitrogens with one attached hydrogen (secondary N) is 3. The zero-order chi connectivity index (χ0) is 16.5. The molecule has 3 unspecified atom stereocenters. The maximum atomic E-state index is 11.8. The molecule has 2 heterocycles. The molecule has 0 spiro atoms. The molecule has 8 heteroatoms. The first-order valence-corrected chi connectivity index (χ1v) is 9.91. The van der Waals surface area contributed by atoms with Crippen LogP contribution in [0.25, 0.3) is 0 Å². The van der Waals surface area contributed by atoms with E-state index in [2.05, 4.69) is 16.0 Å². The Hall–Kier alpha value is -0.660. The molecule has 2 rings (SSSR count). The molecule has 3 amide bonds. The molecule has 2 aliphatic rings. The lowest BCUT2D eigenvalue weighted by atomic mass is 10.0. The van der Waals surface area contributed by atoms with Gasteiger partial charge >= 0.3 is 6.03 Å². The minimum Gasteiger partial charge on any atom is -0.356 e. The number of rotatable bonds is 11. The van der Waals surface area contributed by atoms with Crippen molar-refractivity contribution in [1.82, 2.24) is 16.0 Å². The third-order valence-electron chi connectivity index (χ3n) is 4.53. The second-order valence-corrected chi connectivity index (χ2v) is 7.69. The van der Waals surface area contributed by atoms with Gasteiger partial charge in [-0.1, -0.05) is 19.3 Å². The van der Waals surface area contributed by atoms with Gasteiger partial charge in [0.05, 0.1) is 12.1 Å². The summed E-state index contributed by atoms with van der Waals surface area (Å²) in [6.45, 7) is 1.54. The van der Waals surface area contributed by atoms with Crippen LogP contribution in [0.2, 0.25) is 0 Å². The highest BCUT2D eigenvalue weighted by Crippen LogP contribution is 2.33. The van der Waals surface area contributed by atoms with Crippen LogP contribution in [-0.2, 0) is 4.79 Å². The zero-order valence-electron chi connectivity index (χ0n) is 14.2. The SMILES string of the molecule is Cl.NCCCCCCNC(=O)CCCCC1SCC2NC(=O)NC21. The molecule has 0 radical (unpaired) electrons. The van der Waals surface area contributed by atoms with Crippen LogP contribution in [0.3, 0.4) is 0 Å². The summed E-state index contributed by atoms with van der Waals surface area (Å²) in [4.78, 5) is 23.1. The van der Waals surface area contributed by atoms with Gasteiger partial charge in [-0.3, -0.25) is 4.79 Å². The van der Waals surface area contributed by atoms with Crippen LogP contribution in [0.4, 0.5) is 4.79 Å². The van der Waals surface area contributed by atoms with Gasteiger partial charge in [-0.15, -0.1) is 12.4 Å². The number of urea groups is 1. The van der Waals surface area contributed by atoms with Crippen LogP contribution < -0.4 is 21.7 Å². The molecule has 2 saturated heterocycles. The van der Waals surface area contributed by atoms with Crippen molar-refractivity contribution in [3.63, 3.8) is 0 Å². The number of hydrogen-bond acceptors (Lipinski definition) is 4. The Morgan fingerprint density at radius 3 is 2.75 bits per heavy atom. The fraction of sp³-hybridized carbons (Fsp3) is 0.875. The maximum absolute atomic E-state index is 11.8. The molecule has 24 heavy (non-hydrogen) atoms. The Kier molecular flexibility index (Phi) is 10.5.